The summed E-state index contributed by atoms with van der Waals surface area (Å²) < 4.78 is 5.62. The predicted octanol–water partition coefficient (Wildman–Crippen LogP) is 6.39. The molecule has 0 radical (unpaired) electrons. The second-order valence-corrected chi connectivity index (χ2v) is 8.07. The average molecular weight is 320 g/mol. The molecule has 3 aromatic heterocycles. The Hall–Kier alpha value is -1.86. The molecule has 3 aromatic rings. The van der Waals surface area contributed by atoms with E-state index in [0.29, 0.717) is 0 Å². The minimum Gasteiger partial charge on any atom is -0.133 e. The number of fused-ring (bicyclic) bond motifs is 3. The van der Waals surface area contributed by atoms with Crippen LogP contribution in [0.2, 0.25) is 0 Å². The summed E-state index contributed by atoms with van der Waals surface area (Å²) in [6.45, 7) is 0. The van der Waals surface area contributed by atoms with Gasteiger partial charge >= 0.3 is 0 Å². The van der Waals surface area contributed by atoms with Crippen LogP contribution in [0, 0.1) is 0 Å². The Morgan fingerprint density at radius 3 is 1.62 bits per heavy atom. The first kappa shape index (κ1) is 11.8. The molecule has 3 heteroatoms. The van der Waals surface area contributed by atoms with Crippen molar-refractivity contribution in [2.24, 2.45) is 0 Å². The third-order valence-corrected chi connectivity index (χ3v) is 7.39. The summed E-state index contributed by atoms with van der Waals surface area (Å²) in [5, 5.41) is 0. The Kier molecular flexibility index (Phi) is 2.42. The maximum atomic E-state index is 3.29. The lowest BCUT2D eigenvalue weighted by Gasteiger charge is -1.89. The quantitative estimate of drug-likeness (QED) is 0.480. The van der Waals surface area contributed by atoms with Crippen LogP contribution < -0.4 is 0 Å². The molecule has 0 nitrogen and oxygen atoms in total. The summed E-state index contributed by atoms with van der Waals surface area (Å²) >= 11 is 5.65. The maximum Gasteiger partial charge on any atom is 0.0636 e. The van der Waals surface area contributed by atoms with Crippen LogP contribution in [0.4, 0.5) is 0 Å². The van der Waals surface area contributed by atoms with Crippen LogP contribution in [0.1, 0.15) is 9.75 Å². The molecule has 0 bridgehead atoms. The van der Waals surface area contributed by atoms with Crippen molar-refractivity contribution in [3.05, 3.63) is 69.8 Å². The van der Waals surface area contributed by atoms with E-state index in [1.807, 2.05) is 58.3 Å². The van der Waals surface area contributed by atoms with Crippen molar-refractivity contribution in [3.63, 3.8) is 0 Å². The van der Waals surface area contributed by atoms with Crippen LogP contribution in [0.5, 0.6) is 0 Å². The average Bonchev–Trinajstić information content (AvgIpc) is 3.25. The maximum absolute atomic E-state index is 3.29. The third-order valence-electron chi connectivity index (χ3n) is 3.55. The fourth-order valence-electron chi connectivity index (χ4n) is 2.57. The van der Waals surface area contributed by atoms with Gasteiger partial charge in [0.1, 0.15) is 0 Å². The molecule has 5 rings (SSSR count). The highest BCUT2D eigenvalue weighted by atomic mass is 32.1. The van der Waals surface area contributed by atoms with Crippen molar-refractivity contribution in [3.8, 4) is 0 Å². The van der Waals surface area contributed by atoms with Gasteiger partial charge in [-0.1, -0.05) is 12.2 Å². The van der Waals surface area contributed by atoms with E-state index in [-0.39, 0.29) is 0 Å². The van der Waals surface area contributed by atoms with E-state index in [4.69, 9.17) is 0 Å². The minimum absolute atomic E-state index is 1.21. The van der Waals surface area contributed by atoms with Gasteiger partial charge in [0.15, 0.2) is 0 Å². The van der Waals surface area contributed by atoms with Gasteiger partial charge in [-0.3, -0.25) is 0 Å². The summed E-state index contributed by atoms with van der Waals surface area (Å²) in [5.74, 6) is 0. The molecule has 2 aliphatic rings. The SMILES string of the molecule is C1=CC=CC=1c1cc2sc3cc(C4=C=CC=C4)sc3c2s1. The molecule has 0 aromatic carbocycles. The number of thiophene rings is 3. The summed E-state index contributed by atoms with van der Waals surface area (Å²) in [4.78, 5) is 2.64. The number of hydrogen-bond donors (Lipinski definition) is 0. The standard InChI is InChI=1S/C18H8S3/c1-2-6-11(5-1)13-9-15-17(20-13)18-16(19-15)10-14(21-18)12-7-3-4-8-12/h1-5,7,9-10H. The second kappa shape index (κ2) is 4.32. The van der Waals surface area contributed by atoms with Gasteiger partial charge in [-0.25, -0.2) is 0 Å². The van der Waals surface area contributed by atoms with Crippen molar-refractivity contribution in [1.29, 1.82) is 0 Å². The molecule has 21 heavy (non-hydrogen) atoms. The molecule has 0 spiro atoms. The van der Waals surface area contributed by atoms with Gasteiger partial charge in [-0.15, -0.1) is 45.5 Å². The Bertz CT molecular complexity index is 1010. The molecule has 0 atom stereocenters. The molecule has 3 heterocycles. The fourth-order valence-corrected chi connectivity index (χ4v) is 6.57. The molecule has 0 N–H and O–H groups in total. The summed E-state index contributed by atoms with van der Waals surface area (Å²) in [6, 6.07) is 4.61. The molecular formula is C18H8S3. The topological polar surface area (TPSA) is 0 Å². The highest BCUT2D eigenvalue weighted by Gasteiger charge is 2.15. The molecule has 0 saturated heterocycles. The number of rotatable bonds is 2. The van der Waals surface area contributed by atoms with E-state index in [0.717, 1.165) is 0 Å². The van der Waals surface area contributed by atoms with Crippen molar-refractivity contribution < 1.29 is 0 Å². The van der Waals surface area contributed by atoms with Gasteiger partial charge in [-0.05, 0) is 36.4 Å². The van der Waals surface area contributed by atoms with Gasteiger partial charge in [0, 0.05) is 30.3 Å². The van der Waals surface area contributed by atoms with Crippen molar-refractivity contribution in [1.82, 2.24) is 0 Å². The lowest BCUT2D eigenvalue weighted by molar-refractivity contribution is 1.95. The fraction of sp³-hybridized carbons (Fsp3) is 0. The van der Waals surface area contributed by atoms with E-state index in [2.05, 4.69) is 35.7 Å². The number of allylic oxidation sites excluding steroid dienone is 6. The first-order valence-corrected chi connectivity index (χ1v) is 9.07. The third kappa shape index (κ3) is 1.74. The van der Waals surface area contributed by atoms with Gasteiger partial charge in [0.05, 0.1) is 9.40 Å². The largest absolute Gasteiger partial charge is 0.133 e. The first-order chi connectivity index (χ1) is 10.4. The highest BCUT2D eigenvalue weighted by Crippen LogP contribution is 2.46. The molecule has 2 aliphatic carbocycles. The Morgan fingerprint density at radius 1 is 0.667 bits per heavy atom. The molecule has 0 unspecified atom stereocenters. The highest BCUT2D eigenvalue weighted by molar-refractivity contribution is 7.39. The number of hydrogen-bond acceptors (Lipinski definition) is 3. The minimum atomic E-state index is 1.21. The summed E-state index contributed by atoms with van der Waals surface area (Å²) in [7, 11) is 0. The summed E-state index contributed by atoms with van der Waals surface area (Å²) in [6.07, 6.45) is 12.3. The van der Waals surface area contributed by atoms with Gasteiger partial charge in [-0.2, -0.15) is 0 Å². The first-order valence-electron chi connectivity index (χ1n) is 6.62. The molecule has 0 fully saturated rings. The smallest absolute Gasteiger partial charge is 0.0636 e. The Morgan fingerprint density at radius 2 is 1.19 bits per heavy atom. The zero-order valence-electron chi connectivity index (χ0n) is 10.8. The van der Waals surface area contributed by atoms with Crippen molar-refractivity contribution >= 4 is 64.0 Å². The van der Waals surface area contributed by atoms with Crippen LogP contribution in [-0.2, 0) is 0 Å². The zero-order valence-corrected chi connectivity index (χ0v) is 13.3. The van der Waals surface area contributed by atoms with E-state index >= 15 is 0 Å². The Balaban J connectivity index is 1.72. The van der Waals surface area contributed by atoms with Crippen molar-refractivity contribution in [2.45, 2.75) is 0 Å². The Labute approximate surface area is 133 Å². The second-order valence-electron chi connectivity index (χ2n) is 4.88. The molecular weight excluding hydrogens is 312 g/mol. The lowest BCUT2D eigenvalue weighted by atomic mass is 10.2. The lowest BCUT2D eigenvalue weighted by Crippen LogP contribution is -1.66. The van der Waals surface area contributed by atoms with Gasteiger partial charge in [0.2, 0.25) is 0 Å². The molecule has 0 amide bonds. The zero-order chi connectivity index (χ0) is 13.8. The monoisotopic (exact) mass is 320 g/mol. The van der Waals surface area contributed by atoms with Crippen LogP contribution >= 0.6 is 34.0 Å². The summed E-state index contributed by atoms with van der Waals surface area (Å²) in [5.41, 5.74) is 9.00. The van der Waals surface area contributed by atoms with E-state index in [9.17, 15) is 0 Å². The van der Waals surface area contributed by atoms with Crippen LogP contribution in [-0.4, -0.2) is 0 Å². The normalized spacial score (nSPS) is 15.8. The van der Waals surface area contributed by atoms with Crippen LogP contribution in [0.15, 0.2) is 60.1 Å². The molecule has 0 saturated carbocycles. The van der Waals surface area contributed by atoms with E-state index in [1.165, 1.54) is 39.7 Å². The van der Waals surface area contributed by atoms with Gasteiger partial charge in [0.25, 0.3) is 0 Å². The molecule has 0 aliphatic heterocycles. The predicted molar refractivity (Wildman–Crippen MR) is 96.3 cm³/mol. The van der Waals surface area contributed by atoms with Crippen molar-refractivity contribution in [2.75, 3.05) is 0 Å². The van der Waals surface area contributed by atoms with E-state index < -0.39 is 0 Å². The van der Waals surface area contributed by atoms with Crippen LogP contribution in [0.25, 0.3) is 29.9 Å². The van der Waals surface area contributed by atoms with Gasteiger partial charge < -0.3 is 0 Å². The molecule has 98 valence electrons. The van der Waals surface area contributed by atoms with E-state index in [1.54, 1.807) is 0 Å². The van der Waals surface area contributed by atoms with Crippen LogP contribution in [0.3, 0.4) is 0 Å².